The molecule has 114 valence electrons. The molecule has 4 nitrogen and oxygen atoms in total. The number of nitrogen functional groups attached to an aromatic ring is 1. The fourth-order valence-electron chi connectivity index (χ4n) is 1.79. The average Bonchev–Trinajstić information content (AvgIpc) is 2.49. The van der Waals surface area contributed by atoms with E-state index in [-0.39, 0.29) is 5.75 Å². The Morgan fingerprint density at radius 2 is 1.77 bits per heavy atom. The summed E-state index contributed by atoms with van der Waals surface area (Å²) in [6.45, 7) is 0. The van der Waals surface area contributed by atoms with Crippen molar-refractivity contribution in [2.45, 2.75) is 0 Å². The molecule has 22 heavy (non-hydrogen) atoms. The maximum Gasteiger partial charge on any atom is 0.162 e. The molecule has 0 spiro atoms. The summed E-state index contributed by atoms with van der Waals surface area (Å²) < 4.78 is 31.4. The third kappa shape index (κ3) is 3.60. The molecule has 0 saturated carbocycles. The van der Waals surface area contributed by atoms with Gasteiger partial charge in [-0.05, 0) is 30.3 Å². The lowest BCUT2D eigenvalue weighted by Gasteiger charge is -2.10. The highest BCUT2D eigenvalue weighted by atomic mass is 19.2. The number of aliphatic imine (C=N–C) groups is 1. The number of rotatable bonds is 4. The zero-order valence-electron chi connectivity index (χ0n) is 11.9. The van der Waals surface area contributed by atoms with Crippen LogP contribution in [-0.4, -0.2) is 13.3 Å². The number of anilines is 1. The Hall–Kier alpha value is -2.89. The Balaban J connectivity index is 2.24. The van der Waals surface area contributed by atoms with E-state index in [9.17, 15) is 8.78 Å². The zero-order chi connectivity index (χ0) is 16.1. The van der Waals surface area contributed by atoms with Crippen molar-refractivity contribution in [1.82, 2.24) is 0 Å². The fraction of sp³-hybridized carbons (Fsp3) is 0.0625. The van der Waals surface area contributed by atoms with Crippen molar-refractivity contribution < 1.29 is 13.5 Å². The molecule has 6 heteroatoms. The molecule has 0 aliphatic rings. The maximum atomic E-state index is 13.1. The minimum absolute atomic E-state index is 0.174. The summed E-state index contributed by atoms with van der Waals surface area (Å²) in [6, 6.07) is 8.16. The first-order valence-electron chi connectivity index (χ1n) is 6.42. The summed E-state index contributed by atoms with van der Waals surface area (Å²) in [5.41, 5.74) is 13.3. The fourth-order valence-corrected chi connectivity index (χ4v) is 1.79. The van der Waals surface area contributed by atoms with Crippen molar-refractivity contribution in [3.63, 3.8) is 0 Å². The van der Waals surface area contributed by atoms with Crippen LogP contribution in [0.15, 0.2) is 47.5 Å². The average molecular weight is 303 g/mol. The largest absolute Gasteiger partial charge is 0.457 e. The number of nitrogens with two attached hydrogens (primary N) is 2. The summed E-state index contributed by atoms with van der Waals surface area (Å²) in [5, 5.41) is 0. The smallest absolute Gasteiger partial charge is 0.162 e. The van der Waals surface area contributed by atoms with E-state index in [4.69, 9.17) is 16.2 Å². The van der Waals surface area contributed by atoms with Crippen molar-refractivity contribution in [2.24, 2.45) is 10.7 Å². The van der Waals surface area contributed by atoms with Crippen molar-refractivity contribution in [3.8, 4) is 11.5 Å². The molecule has 0 unspecified atom stereocenters. The van der Waals surface area contributed by atoms with E-state index >= 15 is 0 Å². The highest BCUT2D eigenvalue weighted by Gasteiger charge is 2.07. The molecule has 0 aromatic heterocycles. The van der Waals surface area contributed by atoms with Crippen LogP contribution in [-0.2, 0) is 0 Å². The first kappa shape index (κ1) is 15.5. The summed E-state index contributed by atoms with van der Waals surface area (Å²) >= 11 is 0. The van der Waals surface area contributed by atoms with Crippen molar-refractivity contribution in [3.05, 3.63) is 59.7 Å². The van der Waals surface area contributed by atoms with Gasteiger partial charge in [-0.3, -0.25) is 4.99 Å². The van der Waals surface area contributed by atoms with Gasteiger partial charge in [-0.1, -0.05) is 0 Å². The van der Waals surface area contributed by atoms with E-state index in [0.717, 1.165) is 12.1 Å². The molecule has 0 atom stereocenters. The topological polar surface area (TPSA) is 73.6 Å². The number of ether oxygens (including phenoxy) is 1. The molecular weight excluding hydrogens is 288 g/mol. The van der Waals surface area contributed by atoms with Crippen LogP contribution < -0.4 is 16.2 Å². The van der Waals surface area contributed by atoms with Gasteiger partial charge in [0.05, 0.1) is 0 Å². The highest BCUT2D eigenvalue weighted by Crippen LogP contribution is 2.28. The molecule has 4 N–H and O–H groups in total. The van der Waals surface area contributed by atoms with Gasteiger partial charge < -0.3 is 16.2 Å². The van der Waals surface area contributed by atoms with E-state index < -0.39 is 11.6 Å². The predicted molar refractivity (Wildman–Crippen MR) is 83.9 cm³/mol. The lowest BCUT2D eigenvalue weighted by molar-refractivity contribution is 0.461. The van der Waals surface area contributed by atoms with Crippen LogP contribution in [0.1, 0.15) is 5.56 Å². The van der Waals surface area contributed by atoms with Gasteiger partial charge in [0.2, 0.25) is 0 Å². The molecule has 0 aliphatic heterocycles. The van der Waals surface area contributed by atoms with Crippen molar-refractivity contribution >= 4 is 17.6 Å². The minimum Gasteiger partial charge on any atom is -0.457 e. The Morgan fingerprint density at radius 3 is 2.41 bits per heavy atom. The van der Waals surface area contributed by atoms with Crippen molar-refractivity contribution in [2.75, 3.05) is 12.8 Å². The second-order valence-electron chi connectivity index (χ2n) is 4.46. The molecule has 2 aromatic carbocycles. The second-order valence-corrected chi connectivity index (χ2v) is 4.46. The summed E-state index contributed by atoms with van der Waals surface area (Å²) in [7, 11) is 1.63. The Morgan fingerprint density at radius 1 is 1.09 bits per heavy atom. The summed E-state index contributed by atoms with van der Waals surface area (Å²) in [6.07, 6.45) is 3.18. The normalized spacial score (nSPS) is 11.9. The van der Waals surface area contributed by atoms with Gasteiger partial charge in [-0.2, -0.15) is 0 Å². The molecule has 0 heterocycles. The van der Waals surface area contributed by atoms with E-state index in [1.165, 1.54) is 6.07 Å². The number of benzene rings is 2. The predicted octanol–water partition coefficient (Wildman–Crippen LogP) is 3.34. The SMILES string of the molecule is CN=C/C=C(\N)c1ccc(Oc2ccc(F)c(F)c2)cc1N. The Labute approximate surface area is 126 Å². The number of allylic oxidation sites excluding steroid dienone is 1. The van der Waals surface area contributed by atoms with Gasteiger partial charge in [0.15, 0.2) is 11.6 Å². The van der Waals surface area contributed by atoms with Gasteiger partial charge in [0, 0.05) is 42.3 Å². The second kappa shape index (κ2) is 6.71. The summed E-state index contributed by atoms with van der Waals surface area (Å²) in [4.78, 5) is 3.81. The van der Waals surface area contributed by atoms with Crippen LogP contribution in [0.25, 0.3) is 5.70 Å². The molecular formula is C16H15F2N3O. The molecule has 2 rings (SSSR count). The van der Waals surface area contributed by atoms with Crippen LogP contribution >= 0.6 is 0 Å². The van der Waals surface area contributed by atoms with Gasteiger partial charge in [-0.25, -0.2) is 8.78 Å². The third-order valence-corrected chi connectivity index (χ3v) is 2.86. The van der Waals surface area contributed by atoms with Gasteiger partial charge in [-0.15, -0.1) is 0 Å². The summed E-state index contributed by atoms with van der Waals surface area (Å²) in [5.74, 6) is -1.34. The van der Waals surface area contributed by atoms with Crippen LogP contribution in [0, 0.1) is 11.6 Å². The van der Waals surface area contributed by atoms with E-state index in [1.807, 2.05) is 0 Å². The molecule has 0 radical (unpaired) electrons. The molecule has 0 saturated heterocycles. The van der Waals surface area contributed by atoms with Gasteiger partial charge in [0.1, 0.15) is 11.5 Å². The first-order chi connectivity index (χ1) is 10.5. The molecule has 0 amide bonds. The number of halogens is 2. The zero-order valence-corrected chi connectivity index (χ0v) is 11.9. The van der Waals surface area contributed by atoms with Gasteiger partial charge in [0.25, 0.3) is 0 Å². The van der Waals surface area contributed by atoms with E-state index in [1.54, 1.807) is 37.5 Å². The molecule has 0 bridgehead atoms. The molecule has 0 fully saturated rings. The quantitative estimate of drug-likeness (QED) is 0.672. The lowest BCUT2D eigenvalue weighted by Crippen LogP contribution is -2.01. The lowest BCUT2D eigenvalue weighted by atomic mass is 10.1. The molecule has 2 aromatic rings. The standard InChI is InChI=1S/C16H15F2N3O/c1-21-7-6-15(19)12-4-2-11(9-16(12)20)22-10-3-5-13(17)14(18)8-10/h2-9H,19-20H2,1H3/b15-6-,21-7?. The number of hydrogen-bond donors (Lipinski definition) is 2. The minimum atomic E-state index is -0.979. The van der Waals surface area contributed by atoms with Crippen LogP contribution in [0.3, 0.4) is 0 Å². The monoisotopic (exact) mass is 303 g/mol. The van der Waals surface area contributed by atoms with Gasteiger partial charge >= 0.3 is 0 Å². The van der Waals surface area contributed by atoms with Crippen LogP contribution in [0.5, 0.6) is 11.5 Å². The Kier molecular flexibility index (Phi) is 4.73. The highest BCUT2D eigenvalue weighted by molar-refractivity contribution is 5.86. The van der Waals surface area contributed by atoms with Crippen LogP contribution in [0.4, 0.5) is 14.5 Å². The van der Waals surface area contributed by atoms with Crippen molar-refractivity contribution in [1.29, 1.82) is 0 Å². The van der Waals surface area contributed by atoms with E-state index in [0.29, 0.717) is 22.7 Å². The number of nitrogens with zero attached hydrogens (tertiary/aromatic N) is 1. The Bertz CT molecular complexity index is 742. The first-order valence-corrected chi connectivity index (χ1v) is 6.42. The number of hydrogen-bond acceptors (Lipinski definition) is 4. The maximum absolute atomic E-state index is 13.1. The van der Waals surface area contributed by atoms with E-state index in [2.05, 4.69) is 4.99 Å². The molecule has 0 aliphatic carbocycles. The van der Waals surface area contributed by atoms with Crippen LogP contribution in [0.2, 0.25) is 0 Å². The third-order valence-electron chi connectivity index (χ3n) is 2.86.